The van der Waals surface area contributed by atoms with E-state index in [-0.39, 0.29) is 31.2 Å². The number of carbonyl (C=O) groups is 2. The van der Waals surface area contributed by atoms with Crippen molar-refractivity contribution >= 4 is 17.7 Å². The third-order valence-electron chi connectivity index (χ3n) is 2.52. The molecule has 0 aliphatic rings. The fraction of sp³-hybridized carbons (Fsp3) is 0.500. The second kappa shape index (κ2) is 5.94. The molecule has 19 heavy (non-hydrogen) atoms. The second-order valence-corrected chi connectivity index (χ2v) is 3.99. The molecule has 9 nitrogen and oxygen atoms in total. The summed E-state index contributed by atoms with van der Waals surface area (Å²) in [6.45, 7) is 1.44. The van der Waals surface area contributed by atoms with Gasteiger partial charge in [0.1, 0.15) is 12.7 Å². The van der Waals surface area contributed by atoms with Crippen LogP contribution in [0.15, 0.2) is 6.20 Å². The van der Waals surface area contributed by atoms with Crippen LogP contribution < -0.4 is 0 Å². The van der Waals surface area contributed by atoms with E-state index in [0.717, 1.165) is 4.90 Å². The van der Waals surface area contributed by atoms with Crippen molar-refractivity contribution in [3.63, 3.8) is 0 Å². The first kappa shape index (κ1) is 14.6. The van der Waals surface area contributed by atoms with E-state index in [2.05, 4.69) is 4.98 Å². The summed E-state index contributed by atoms with van der Waals surface area (Å²) in [5, 5.41) is 19.1. The van der Waals surface area contributed by atoms with Crippen LogP contribution in [0.25, 0.3) is 0 Å². The molecular formula is C10H14N4O5. The highest BCUT2D eigenvalue weighted by atomic mass is 16.6. The number of carbonyl (C=O) groups excluding carboxylic acids is 1. The number of likely N-dealkylation sites (N-methyl/N-ethyl adjacent to an activating group) is 1. The minimum atomic E-state index is -1.09. The van der Waals surface area contributed by atoms with E-state index in [0.29, 0.717) is 5.82 Å². The zero-order valence-corrected chi connectivity index (χ0v) is 10.6. The molecule has 0 aliphatic carbocycles. The lowest BCUT2D eigenvalue weighted by atomic mass is 10.3. The van der Waals surface area contributed by atoms with Crippen molar-refractivity contribution in [2.75, 3.05) is 13.6 Å². The summed E-state index contributed by atoms with van der Waals surface area (Å²) < 4.78 is 1.49. The van der Waals surface area contributed by atoms with E-state index in [1.165, 1.54) is 17.8 Å². The minimum Gasteiger partial charge on any atom is -0.480 e. The maximum absolute atomic E-state index is 11.6. The van der Waals surface area contributed by atoms with E-state index in [1.807, 2.05) is 0 Å². The molecule has 104 valence electrons. The summed E-state index contributed by atoms with van der Waals surface area (Å²) >= 11 is 0. The number of nitrogens with zero attached hydrogens (tertiary/aromatic N) is 4. The molecule has 1 aromatic rings. The van der Waals surface area contributed by atoms with Gasteiger partial charge in [0, 0.05) is 26.9 Å². The quantitative estimate of drug-likeness (QED) is 0.575. The van der Waals surface area contributed by atoms with Gasteiger partial charge in [0.25, 0.3) is 0 Å². The largest absolute Gasteiger partial charge is 0.480 e. The Hall–Kier alpha value is -2.45. The van der Waals surface area contributed by atoms with Gasteiger partial charge >= 0.3 is 11.8 Å². The van der Waals surface area contributed by atoms with Gasteiger partial charge in [0.15, 0.2) is 0 Å². The Bertz CT molecular complexity index is 510. The van der Waals surface area contributed by atoms with Gasteiger partial charge in [-0.1, -0.05) is 0 Å². The average molecular weight is 270 g/mol. The number of carboxylic acid groups (broad SMARTS) is 1. The van der Waals surface area contributed by atoms with Crippen LogP contribution in [0.4, 0.5) is 5.82 Å². The number of carboxylic acids is 1. The fourth-order valence-electron chi connectivity index (χ4n) is 1.50. The van der Waals surface area contributed by atoms with Crippen molar-refractivity contribution in [3.8, 4) is 0 Å². The number of amides is 1. The van der Waals surface area contributed by atoms with Crippen LogP contribution >= 0.6 is 0 Å². The number of nitro groups is 1. The number of aryl methyl sites for hydroxylation is 2. The normalized spacial score (nSPS) is 10.2. The van der Waals surface area contributed by atoms with Gasteiger partial charge in [-0.3, -0.25) is 9.59 Å². The summed E-state index contributed by atoms with van der Waals surface area (Å²) in [4.78, 5) is 36.8. The number of hydrogen-bond donors (Lipinski definition) is 1. The smallest absolute Gasteiger partial charge is 0.381 e. The lowest BCUT2D eigenvalue weighted by Gasteiger charge is -2.14. The first-order valence-electron chi connectivity index (χ1n) is 5.45. The maximum atomic E-state index is 11.6. The van der Waals surface area contributed by atoms with Crippen LogP contribution in [0.5, 0.6) is 0 Å². The molecule has 9 heteroatoms. The molecular weight excluding hydrogens is 256 g/mol. The van der Waals surface area contributed by atoms with Gasteiger partial charge < -0.3 is 24.7 Å². The maximum Gasteiger partial charge on any atom is 0.381 e. The molecule has 0 aliphatic heterocycles. The van der Waals surface area contributed by atoms with Gasteiger partial charge in [-0.25, -0.2) is 0 Å². The summed E-state index contributed by atoms with van der Waals surface area (Å²) in [6, 6.07) is 0. The Balaban J connectivity index is 2.59. The van der Waals surface area contributed by atoms with Crippen molar-refractivity contribution in [2.45, 2.75) is 19.9 Å². The van der Waals surface area contributed by atoms with Gasteiger partial charge in [-0.05, 0) is 9.91 Å². The zero-order chi connectivity index (χ0) is 14.6. The summed E-state index contributed by atoms with van der Waals surface area (Å²) in [6.07, 6.45) is 1.30. The average Bonchev–Trinajstić information content (AvgIpc) is 2.67. The Kier molecular flexibility index (Phi) is 4.56. The van der Waals surface area contributed by atoms with Gasteiger partial charge in [0.05, 0.1) is 0 Å². The molecule has 0 saturated heterocycles. The van der Waals surface area contributed by atoms with E-state index >= 15 is 0 Å². The van der Waals surface area contributed by atoms with Crippen LogP contribution in [-0.4, -0.2) is 49.9 Å². The molecule has 0 aromatic carbocycles. The molecule has 0 atom stereocenters. The number of aliphatic carboxylic acids is 1. The van der Waals surface area contributed by atoms with Crippen molar-refractivity contribution in [1.82, 2.24) is 14.5 Å². The number of hydrogen-bond acceptors (Lipinski definition) is 5. The molecule has 1 amide bonds. The van der Waals surface area contributed by atoms with E-state index in [1.54, 1.807) is 6.92 Å². The standard InChI is InChI=1S/C10H14N4O5/c1-7-11-8(14(18)19)5-13(7)4-3-9(15)12(2)6-10(16)17/h5H,3-4,6H2,1-2H3,(H,16,17). The molecule has 0 saturated carbocycles. The molecule has 0 unspecified atom stereocenters. The minimum absolute atomic E-state index is 0.0537. The van der Waals surface area contributed by atoms with Gasteiger partial charge in [-0.15, -0.1) is 0 Å². The van der Waals surface area contributed by atoms with Crippen molar-refractivity contribution < 1.29 is 19.6 Å². The lowest BCUT2D eigenvalue weighted by molar-refractivity contribution is -0.389. The Morgan fingerprint density at radius 2 is 2.21 bits per heavy atom. The predicted octanol–water partition coefficient (Wildman–Crippen LogP) is 0.0328. The molecule has 1 heterocycles. The molecule has 1 rings (SSSR count). The van der Waals surface area contributed by atoms with Crippen LogP contribution in [0.3, 0.4) is 0 Å². The van der Waals surface area contributed by atoms with E-state index in [4.69, 9.17) is 5.11 Å². The number of aromatic nitrogens is 2. The molecule has 0 fully saturated rings. The zero-order valence-electron chi connectivity index (χ0n) is 10.6. The Labute approximate surface area is 108 Å². The van der Waals surface area contributed by atoms with Crippen LogP contribution in [0.1, 0.15) is 12.2 Å². The second-order valence-electron chi connectivity index (χ2n) is 3.99. The van der Waals surface area contributed by atoms with Crippen molar-refractivity contribution in [2.24, 2.45) is 0 Å². The highest BCUT2D eigenvalue weighted by molar-refractivity contribution is 5.80. The topological polar surface area (TPSA) is 119 Å². The summed E-state index contributed by atoms with van der Waals surface area (Å²) in [5.74, 6) is -1.28. The number of rotatable bonds is 6. The van der Waals surface area contributed by atoms with Crippen LogP contribution in [0, 0.1) is 17.0 Å². The highest BCUT2D eigenvalue weighted by Gasteiger charge is 2.17. The SMILES string of the molecule is Cc1nc([N+](=O)[O-])cn1CCC(=O)N(C)CC(=O)O. The summed E-state index contributed by atoms with van der Waals surface area (Å²) in [7, 11) is 1.39. The predicted molar refractivity (Wildman–Crippen MR) is 63.5 cm³/mol. The Morgan fingerprint density at radius 3 is 2.68 bits per heavy atom. The summed E-state index contributed by atoms with van der Waals surface area (Å²) in [5.41, 5.74) is 0. The van der Waals surface area contributed by atoms with Crippen LogP contribution in [-0.2, 0) is 16.1 Å². The van der Waals surface area contributed by atoms with E-state index in [9.17, 15) is 19.7 Å². The first-order chi connectivity index (χ1) is 8.81. The lowest BCUT2D eigenvalue weighted by Crippen LogP contribution is -2.32. The third kappa shape index (κ3) is 4.05. The number of imidazole rings is 1. The monoisotopic (exact) mass is 270 g/mol. The molecule has 1 N–H and O–H groups in total. The van der Waals surface area contributed by atoms with E-state index < -0.39 is 10.9 Å². The van der Waals surface area contributed by atoms with Crippen LogP contribution in [0.2, 0.25) is 0 Å². The third-order valence-corrected chi connectivity index (χ3v) is 2.52. The first-order valence-corrected chi connectivity index (χ1v) is 5.45. The Morgan fingerprint density at radius 1 is 1.58 bits per heavy atom. The van der Waals surface area contributed by atoms with Gasteiger partial charge in [0.2, 0.25) is 11.7 Å². The van der Waals surface area contributed by atoms with Gasteiger partial charge in [-0.2, -0.15) is 0 Å². The fourth-order valence-corrected chi connectivity index (χ4v) is 1.50. The highest BCUT2D eigenvalue weighted by Crippen LogP contribution is 2.11. The molecule has 1 aromatic heterocycles. The van der Waals surface area contributed by atoms with Crippen molar-refractivity contribution in [1.29, 1.82) is 0 Å². The molecule has 0 spiro atoms. The van der Waals surface area contributed by atoms with Crippen molar-refractivity contribution in [3.05, 3.63) is 22.1 Å². The molecule has 0 radical (unpaired) electrons. The molecule has 0 bridgehead atoms.